The van der Waals surface area contributed by atoms with Crippen molar-refractivity contribution in [2.24, 2.45) is 0 Å². The lowest BCUT2D eigenvalue weighted by atomic mass is 10.1. The smallest absolute Gasteiger partial charge is 0.413 e. The summed E-state index contributed by atoms with van der Waals surface area (Å²) in [7, 11) is 1.56. The number of nitro benzene ring substituents is 1. The first-order valence-electron chi connectivity index (χ1n) is 7.59. The van der Waals surface area contributed by atoms with E-state index in [0.717, 1.165) is 6.07 Å². The first kappa shape index (κ1) is 19.2. The van der Waals surface area contributed by atoms with Crippen molar-refractivity contribution in [3.63, 3.8) is 0 Å². The fourth-order valence-electron chi connectivity index (χ4n) is 2.14. The predicted molar refractivity (Wildman–Crippen MR) is 97.9 cm³/mol. The van der Waals surface area contributed by atoms with Crippen LogP contribution in [-0.4, -0.2) is 30.6 Å². The van der Waals surface area contributed by atoms with Crippen LogP contribution in [0.2, 0.25) is 5.02 Å². The Hall–Kier alpha value is -3.13. The van der Waals surface area contributed by atoms with Crippen molar-refractivity contribution in [2.45, 2.75) is 6.92 Å². The highest BCUT2D eigenvalue weighted by Crippen LogP contribution is 2.25. The fourth-order valence-corrected chi connectivity index (χ4v) is 2.31. The van der Waals surface area contributed by atoms with Crippen LogP contribution in [0.3, 0.4) is 0 Å². The normalized spacial score (nSPS) is 10.1. The van der Waals surface area contributed by atoms with Crippen molar-refractivity contribution < 1.29 is 19.2 Å². The van der Waals surface area contributed by atoms with E-state index in [2.05, 4.69) is 5.32 Å². The number of hydrogen-bond donors (Lipinski definition) is 1. The summed E-state index contributed by atoms with van der Waals surface area (Å²) in [5.41, 5.74) is 0.500. The number of halogens is 1. The molecule has 26 heavy (non-hydrogen) atoms. The van der Waals surface area contributed by atoms with Crippen molar-refractivity contribution in [2.75, 3.05) is 23.9 Å². The van der Waals surface area contributed by atoms with Gasteiger partial charge in [-0.15, -0.1) is 0 Å². The monoisotopic (exact) mass is 377 g/mol. The number of hydrogen-bond acceptors (Lipinski definition) is 5. The van der Waals surface area contributed by atoms with Crippen molar-refractivity contribution in [3.05, 3.63) is 63.2 Å². The lowest BCUT2D eigenvalue weighted by molar-refractivity contribution is -0.385. The predicted octanol–water partition coefficient (Wildman–Crippen LogP) is 4.09. The molecule has 0 atom stereocenters. The molecule has 0 aliphatic heterocycles. The SMILES string of the molecule is CCOC(=O)N(C)c1ccc(NC(=O)c2ccc(Cl)cc2[N+](=O)[O-])cc1. The van der Waals surface area contributed by atoms with E-state index in [4.69, 9.17) is 16.3 Å². The fraction of sp³-hybridized carbons (Fsp3) is 0.176. The van der Waals surface area contributed by atoms with Crippen LogP contribution < -0.4 is 10.2 Å². The summed E-state index contributed by atoms with van der Waals surface area (Å²) in [5.74, 6) is -0.639. The highest BCUT2D eigenvalue weighted by molar-refractivity contribution is 6.31. The Kier molecular flexibility index (Phi) is 6.13. The molecule has 2 amide bonds. The summed E-state index contributed by atoms with van der Waals surface area (Å²) < 4.78 is 4.90. The molecule has 0 aliphatic carbocycles. The molecule has 8 nitrogen and oxygen atoms in total. The van der Waals surface area contributed by atoms with Gasteiger partial charge in [0.1, 0.15) is 5.56 Å². The number of nitro groups is 1. The average Bonchev–Trinajstić information content (AvgIpc) is 2.61. The number of carbonyl (C=O) groups is 2. The Morgan fingerprint density at radius 1 is 1.23 bits per heavy atom. The molecule has 0 aliphatic rings. The van der Waals surface area contributed by atoms with Gasteiger partial charge in [-0.3, -0.25) is 19.8 Å². The van der Waals surface area contributed by atoms with E-state index in [1.54, 1.807) is 38.2 Å². The summed E-state index contributed by atoms with van der Waals surface area (Å²) >= 11 is 5.74. The first-order valence-corrected chi connectivity index (χ1v) is 7.97. The van der Waals surface area contributed by atoms with E-state index >= 15 is 0 Å². The molecule has 0 fully saturated rings. The molecule has 0 heterocycles. The standard InChI is InChI=1S/C17H16ClN3O5/c1-3-26-17(23)20(2)13-7-5-12(6-8-13)19-16(22)14-9-4-11(18)10-15(14)21(24)25/h4-10H,3H2,1-2H3,(H,19,22). The average molecular weight is 378 g/mol. The van der Waals surface area contributed by atoms with Gasteiger partial charge in [0.15, 0.2) is 0 Å². The van der Waals surface area contributed by atoms with E-state index in [-0.39, 0.29) is 22.9 Å². The van der Waals surface area contributed by atoms with Gasteiger partial charge in [0.2, 0.25) is 0 Å². The van der Waals surface area contributed by atoms with Gasteiger partial charge in [-0.05, 0) is 43.3 Å². The molecule has 2 rings (SSSR count). The van der Waals surface area contributed by atoms with Gasteiger partial charge in [0.25, 0.3) is 11.6 Å². The number of ether oxygens (including phenoxy) is 1. The van der Waals surface area contributed by atoms with Crippen molar-refractivity contribution in [1.29, 1.82) is 0 Å². The first-order chi connectivity index (χ1) is 12.3. The Bertz CT molecular complexity index is 839. The second kappa shape index (κ2) is 8.30. The maximum Gasteiger partial charge on any atom is 0.413 e. The van der Waals surface area contributed by atoms with Gasteiger partial charge >= 0.3 is 6.09 Å². The van der Waals surface area contributed by atoms with E-state index in [9.17, 15) is 19.7 Å². The van der Waals surface area contributed by atoms with Gasteiger partial charge < -0.3 is 10.1 Å². The van der Waals surface area contributed by atoms with Crippen molar-refractivity contribution >= 4 is 40.7 Å². The van der Waals surface area contributed by atoms with Gasteiger partial charge in [-0.1, -0.05) is 11.6 Å². The molecule has 9 heteroatoms. The second-order valence-electron chi connectivity index (χ2n) is 5.18. The quantitative estimate of drug-likeness (QED) is 0.624. The molecule has 0 aromatic heterocycles. The topological polar surface area (TPSA) is 102 Å². The van der Waals surface area contributed by atoms with Gasteiger partial charge in [-0.2, -0.15) is 0 Å². The molecule has 0 spiro atoms. The van der Waals surface area contributed by atoms with Crippen LogP contribution >= 0.6 is 11.6 Å². The summed E-state index contributed by atoms with van der Waals surface area (Å²) in [6.07, 6.45) is -0.499. The molecular formula is C17H16ClN3O5. The number of nitrogens with zero attached hydrogens (tertiary/aromatic N) is 2. The maximum atomic E-state index is 12.3. The zero-order valence-electron chi connectivity index (χ0n) is 14.1. The molecule has 1 N–H and O–H groups in total. The molecule has 0 radical (unpaired) electrons. The summed E-state index contributed by atoms with van der Waals surface area (Å²) in [5, 5.41) is 13.8. The number of benzene rings is 2. The van der Waals surface area contributed by atoms with Crippen LogP contribution in [0.4, 0.5) is 21.9 Å². The Labute approximate surface area is 154 Å². The number of carbonyl (C=O) groups excluding carboxylic acids is 2. The van der Waals surface area contributed by atoms with E-state index in [1.807, 2.05) is 0 Å². The van der Waals surface area contributed by atoms with Crippen molar-refractivity contribution in [3.8, 4) is 0 Å². The molecular weight excluding hydrogens is 362 g/mol. The van der Waals surface area contributed by atoms with Gasteiger partial charge in [0, 0.05) is 29.5 Å². The lowest BCUT2D eigenvalue weighted by Gasteiger charge is -2.17. The zero-order chi connectivity index (χ0) is 19.3. The van der Waals surface area contributed by atoms with Crippen LogP contribution in [0.15, 0.2) is 42.5 Å². The highest BCUT2D eigenvalue weighted by Gasteiger charge is 2.21. The zero-order valence-corrected chi connectivity index (χ0v) is 14.8. The summed E-state index contributed by atoms with van der Waals surface area (Å²) in [4.78, 5) is 35.7. The van der Waals surface area contributed by atoms with Crippen LogP contribution in [0.25, 0.3) is 0 Å². The van der Waals surface area contributed by atoms with Crippen molar-refractivity contribution in [1.82, 2.24) is 0 Å². The maximum absolute atomic E-state index is 12.3. The van der Waals surface area contributed by atoms with Gasteiger partial charge in [-0.25, -0.2) is 4.79 Å². The largest absolute Gasteiger partial charge is 0.449 e. The molecule has 0 saturated heterocycles. The minimum atomic E-state index is -0.668. The Balaban J connectivity index is 2.16. The molecule has 0 bridgehead atoms. The van der Waals surface area contributed by atoms with Crippen LogP contribution in [0, 0.1) is 10.1 Å². The van der Waals surface area contributed by atoms with E-state index in [0.29, 0.717) is 11.4 Å². The number of amides is 2. The van der Waals surface area contributed by atoms with Gasteiger partial charge in [0.05, 0.1) is 11.5 Å². The Morgan fingerprint density at radius 3 is 2.46 bits per heavy atom. The summed E-state index contributed by atoms with van der Waals surface area (Å²) in [6, 6.07) is 10.2. The third kappa shape index (κ3) is 4.48. The van der Waals surface area contributed by atoms with Crippen LogP contribution in [-0.2, 0) is 4.74 Å². The minimum Gasteiger partial charge on any atom is -0.449 e. The molecule has 2 aromatic rings. The minimum absolute atomic E-state index is 0.105. The van der Waals surface area contributed by atoms with E-state index < -0.39 is 16.9 Å². The van der Waals surface area contributed by atoms with Crippen LogP contribution in [0.5, 0.6) is 0 Å². The molecule has 136 valence electrons. The summed E-state index contributed by atoms with van der Waals surface area (Å²) in [6.45, 7) is 1.97. The van der Waals surface area contributed by atoms with Crippen LogP contribution in [0.1, 0.15) is 17.3 Å². The Morgan fingerprint density at radius 2 is 1.88 bits per heavy atom. The number of anilines is 2. The highest BCUT2D eigenvalue weighted by atomic mass is 35.5. The second-order valence-corrected chi connectivity index (χ2v) is 5.61. The molecule has 0 unspecified atom stereocenters. The lowest BCUT2D eigenvalue weighted by Crippen LogP contribution is -2.26. The molecule has 2 aromatic carbocycles. The third-order valence-corrected chi connectivity index (χ3v) is 3.69. The van der Waals surface area contributed by atoms with E-state index in [1.165, 1.54) is 17.0 Å². The number of rotatable bonds is 5. The number of nitrogens with one attached hydrogen (secondary N) is 1. The third-order valence-electron chi connectivity index (χ3n) is 3.46. The molecule has 0 saturated carbocycles.